The van der Waals surface area contributed by atoms with Crippen LogP contribution in [-0.4, -0.2) is 117 Å². The Bertz CT molecular complexity index is 3970. The number of nitrogens with zero attached hydrogens (tertiary/aromatic N) is 3. The molecule has 3 aliphatic heterocycles. The standard InChI is InChI=1S/C24H20N2O3.C23H40N2O5Si3.C23H18N2O3.2CH4.4CH3.10Y/c1-15(27)18-7-12-21-22(14-18)24(29)26(23(21)28)20-10-5-17(6-11-20)13-16-3-8-19(25-2)9-4-16;1-18(26)19-11-12-20-21(17-19)23(28)25(22(20)27)14-10-16-32(5,6)30-33(7,8)29-31(3,4)15-9-13-24-2;1-14(26)17-7-12-20-21(13-17)23(28)25(22(20)27)19-10-5-16(6-11-19)15-3-8-18(24-2)9-4-15;;;;;;;;;;;;;;;;/h3-12,14,25H,13H2,1-2H3;11-12,17,24H,9-10,13-16H2,1-8H3;3-13,24H,1-2H3;2*1H4;4*1H3;;;;;;;;;;/q;;;;;4*-1;;;;;;;;;;. The van der Waals surface area contributed by atoms with Crippen LogP contribution in [-0.2, 0) is 342 Å². The maximum absolute atomic E-state index is 12.8. The molecule has 0 saturated heterocycles. The van der Waals surface area contributed by atoms with Gasteiger partial charge in [-0.1, -0.05) is 81.6 Å². The molecule has 0 bridgehead atoms. The summed E-state index contributed by atoms with van der Waals surface area (Å²) in [5.41, 5.74) is 10.6. The number of anilines is 4. The average molecular weight is 2240 g/mol. The van der Waals surface area contributed by atoms with Crippen molar-refractivity contribution in [1.82, 2.24) is 10.2 Å². The Balaban J connectivity index is -0.000000177. The van der Waals surface area contributed by atoms with Crippen molar-refractivity contribution in [3.63, 3.8) is 0 Å². The van der Waals surface area contributed by atoms with Gasteiger partial charge in [-0.15, -0.1) is 0 Å². The van der Waals surface area contributed by atoms with Crippen LogP contribution in [0, 0.1) is 29.7 Å². The zero-order valence-electron chi connectivity index (χ0n) is 63.0. The van der Waals surface area contributed by atoms with Crippen LogP contribution in [0.3, 0.4) is 0 Å². The van der Waals surface area contributed by atoms with E-state index < -0.39 is 37.0 Å². The number of nitrogens with one attached hydrogen (secondary N) is 3. The van der Waals surface area contributed by atoms with Crippen molar-refractivity contribution < 1.29 is 378 Å². The summed E-state index contributed by atoms with van der Waals surface area (Å²) in [7, 11) is -0.412. The molecule has 106 heavy (non-hydrogen) atoms. The van der Waals surface area contributed by atoms with Crippen molar-refractivity contribution in [3.8, 4) is 11.1 Å². The first kappa shape index (κ1) is 126. The minimum Gasteiger partial charge on any atom is -0.437 e. The van der Waals surface area contributed by atoms with E-state index in [9.17, 15) is 43.2 Å². The van der Waals surface area contributed by atoms with Gasteiger partial charge in [0.15, 0.2) is 34.0 Å². The maximum Gasteiger partial charge on any atom is 0.311 e. The summed E-state index contributed by atoms with van der Waals surface area (Å²) in [5, 5.41) is 9.37. The van der Waals surface area contributed by atoms with Crippen molar-refractivity contribution >= 4 is 101 Å². The molecular weight excluding hydrogens is 2150 g/mol. The second-order valence-electron chi connectivity index (χ2n) is 24.2. The van der Waals surface area contributed by atoms with Gasteiger partial charge in [-0.2, -0.15) is 0 Å². The summed E-state index contributed by atoms with van der Waals surface area (Å²) in [6, 6.07) is 46.8. The molecule has 3 N–H and O–H groups in total. The van der Waals surface area contributed by atoms with Crippen molar-refractivity contribution in [1.29, 1.82) is 0 Å². The third-order valence-corrected chi connectivity index (χ3v) is 27.3. The molecule has 0 unspecified atom stereocenters. The molecule has 3 aliphatic rings. The van der Waals surface area contributed by atoms with E-state index in [0.717, 1.165) is 64.4 Å². The molecule has 17 nitrogen and oxygen atoms in total. The van der Waals surface area contributed by atoms with Gasteiger partial charge in [0, 0.05) is 376 Å². The van der Waals surface area contributed by atoms with Crippen LogP contribution in [0.1, 0.15) is 153 Å². The molecule has 0 aliphatic carbocycles. The topological polar surface area (TPSA) is 218 Å². The normalized spacial score (nSPS) is 11.5. The zero-order chi connectivity index (χ0) is 65.4. The Morgan fingerprint density at radius 1 is 0.377 bits per heavy atom. The summed E-state index contributed by atoms with van der Waals surface area (Å²) >= 11 is 0. The fourth-order valence-corrected chi connectivity index (χ4v) is 25.4. The van der Waals surface area contributed by atoms with E-state index in [1.54, 1.807) is 60.7 Å². The van der Waals surface area contributed by atoms with Crippen LogP contribution in [0.5, 0.6) is 0 Å². The molecule has 10 rings (SSSR count). The van der Waals surface area contributed by atoms with Gasteiger partial charge < -0.3 is 53.9 Å². The molecular formula is C76H98N6O11Si3Y10-4. The molecule has 544 valence electrons. The number of imide groups is 3. The Morgan fingerprint density at radius 3 is 1.00 bits per heavy atom. The fourth-order valence-electron chi connectivity index (χ4n) is 11.3. The number of ketones is 3. The van der Waals surface area contributed by atoms with Crippen LogP contribution in [0.2, 0.25) is 51.4 Å². The molecule has 0 saturated carbocycles. The minimum atomic E-state index is -2.29. The van der Waals surface area contributed by atoms with Crippen LogP contribution in [0.25, 0.3) is 11.1 Å². The molecule has 7 aromatic rings. The predicted molar refractivity (Wildman–Crippen MR) is 400 cm³/mol. The second kappa shape index (κ2) is 58.1. The number of hydrogen-bond donors (Lipinski definition) is 3. The third-order valence-electron chi connectivity index (χ3n) is 15.9. The van der Waals surface area contributed by atoms with Crippen LogP contribution in [0.15, 0.2) is 152 Å². The Morgan fingerprint density at radius 2 is 0.660 bits per heavy atom. The van der Waals surface area contributed by atoms with Crippen molar-refractivity contribution in [3.05, 3.63) is 243 Å². The van der Waals surface area contributed by atoms with Gasteiger partial charge in [0.2, 0.25) is 0 Å². The average Bonchev–Trinajstić information content (AvgIpc) is 1.63. The van der Waals surface area contributed by atoms with E-state index in [-0.39, 0.29) is 424 Å². The van der Waals surface area contributed by atoms with E-state index in [4.69, 9.17) is 8.23 Å². The molecule has 0 aromatic heterocycles. The van der Waals surface area contributed by atoms with Crippen molar-refractivity contribution in [2.75, 3.05) is 54.7 Å². The van der Waals surface area contributed by atoms with E-state index >= 15 is 0 Å². The molecule has 10 radical (unpaired) electrons. The first-order valence-electron chi connectivity index (χ1n) is 30.0. The largest absolute Gasteiger partial charge is 0.437 e. The summed E-state index contributed by atoms with van der Waals surface area (Å²) in [5.74, 6) is -2.55. The smallest absolute Gasteiger partial charge is 0.311 e. The molecule has 7 aromatic carbocycles. The Kier molecular flexibility index (Phi) is 69.2. The minimum absolute atomic E-state index is 0. The number of Topliss-reactive ketones (excluding diaryl/α,β-unsaturated/α-hetero) is 3. The van der Waals surface area contributed by atoms with Gasteiger partial charge in [0.25, 0.3) is 35.4 Å². The monoisotopic (exact) mass is 2240 g/mol. The first-order valence-corrected chi connectivity index (χ1v) is 39.1. The zero-order valence-corrected chi connectivity index (χ0v) is 94.4. The van der Waals surface area contributed by atoms with Gasteiger partial charge in [-0.3, -0.25) is 48.1 Å². The Labute approximate surface area is 887 Å². The molecule has 0 spiro atoms. The SMILES string of the molecule is C.C.CNCCC[Si](C)(C)O[Si](C)(C)O[Si](C)(C)CCCN1C(=O)c2ccc(C(C)=O)cc2C1=O.CNc1ccc(-c2ccc(N3C(=O)c4ccc(C(C)=O)cc4C3=O)cc2)cc1.CNc1ccc(Cc2ccc(N3C(=O)c4ccc(C(C)=O)cc4C3=O)cc2)cc1.[CH3-].[CH3-].[CH3-].[CH3-].[Y].[Y].[Y].[Y].[Y].[Y].[Y].[Y].[Y].[Y]. The third kappa shape index (κ3) is 33.9. The number of carbonyl (C=O) groups excluding carboxylic acids is 9. The van der Waals surface area contributed by atoms with Gasteiger partial charge >= 0.3 is 8.56 Å². The van der Waals surface area contributed by atoms with Crippen molar-refractivity contribution in [2.24, 2.45) is 0 Å². The maximum atomic E-state index is 12.8. The first-order chi connectivity index (χ1) is 42.6. The molecule has 0 atom stereocenters. The summed E-state index contributed by atoms with van der Waals surface area (Å²) in [4.78, 5) is 115. The van der Waals surface area contributed by atoms with E-state index in [1.165, 1.54) is 54.3 Å². The summed E-state index contributed by atoms with van der Waals surface area (Å²) in [6.07, 6.45) is 2.56. The van der Waals surface area contributed by atoms with Crippen LogP contribution < -0.4 is 25.8 Å². The van der Waals surface area contributed by atoms with E-state index in [1.807, 2.05) is 81.8 Å². The van der Waals surface area contributed by atoms with Gasteiger partial charge in [0.05, 0.1) is 44.8 Å². The molecule has 6 amide bonds. The van der Waals surface area contributed by atoms with E-state index in [0.29, 0.717) is 63.3 Å². The van der Waals surface area contributed by atoms with Gasteiger partial charge in [0.1, 0.15) is 0 Å². The number of rotatable bonds is 22. The molecule has 3 heterocycles. The van der Waals surface area contributed by atoms with Crippen LogP contribution >= 0.6 is 0 Å². The molecule has 30 heteroatoms. The number of carbonyl (C=O) groups is 9. The second-order valence-corrected chi connectivity index (χ2v) is 36.7. The number of fused-ring (bicyclic) bond motifs is 3. The predicted octanol–water partition coefficient (Wildman–Crippen LogP) is 16.4. The summed E-state index contributed by atoms with van der Waals surface area (Å²) < 4.78 is 13.2. The van der Waals surface area contributed by atoms with Crippen molar-refractivity contribution in [2.45, 2.75) is 106 Å². The van der Waals surface area contributed by atoms with Gasteiger partial charge in [-0.05, 0) is 212 Å². The van der Waals surface area contributed by atoms with Crippen LogP contribution in [0.4, 0.5) is 22.7 Å². The number of benzene rings is 7. The summed E-state index contributed by atoms with van der Waals surface area (Å²) in [6.45, 7) is 18.8. The van der Waals surface area contributed by atoms with E-state index in [2.05, 4.69) is 67.4 Å². The number of amides is 6. The Hall–Kier alpha value is 2.14. The van der Waals surface area contributed by atoms with Gasteiger partial charge in [-0.25, -0.2) is 9.80 Å². The number of hydrogen-bond acceptors (Lipinski definition) is 14. The quantitative estimate of drug-likeness (QED) is 0.0189. The fraction of sp³-hybridized carbons (Fsp3) is 0.276. The molecule has 0 fully saturated rings.